The van der Waals surface area contributed by atoms with Gasteiger partial charge >= 0.3 is 12.3 Å². The molecule has 1 N–H and O–H groups in total. The molecule has 0 unspecified atom stereocenters. The number of hydrogen-bond donors (Lipinski definition) is 1. The predicted molar refractivity (Wildman–Crippen MR) is 98.6 cm³/mol. The van der Waals surface area contributed by atoms with Crippen LogP contribution in [0.4, 0.5) is 23.8 Å². The fraction of sp³-hybridized carbons (Fsp3) is 0.611. The molecule has 3 atom stereocenters. The van der Waals surface area contributed by atoms with Crippen LogP contribution in [-0.2, 0) is 15.7 Å². The predicted octanol–water partition coefficient (Wildman–Crippen LogP) is 4.59. The topological polar surface area (TPSA) is 71.5 Å². The number of fused-ring (bicyclic) bond motifs is 1. The van der Waals surface area contributed by atoms with Crippen molar-refractivity contribution in [1.82, 2.24) is 9.88 Å². The minimum Gasteiger partial charge on any atom is -0.444 e. The van der Waals surface area contributed by atoms with Crippen LogP contribution < -0.4 is 5.32 Å². The zero-order valence-electron chi connectivity index (χ0n) is 15.9. The summed E-state index contributed by atoms with van der Waals surface area (Å²) in [6, 6.07) is 1.04. The fourth-order valence-corrected chi connectivity index (χ4v) is 3.79. The van der Waals surface area contributed by atoms with Crippen molar-refractivity contribution >= 4 is 33.7 Å². The van der Waals surface area contributed by atoms with Gasteiger partial charge in [0.25, 0.3) is 0 Å². The van der Waals surface area contributed by atoms with E-state index in [-0.39, 0.29) is 21.7 Å². The Kier molecular flexibility index (Phi) is 4.92. The normalized spacial score (nSPS) is 26.6. The van der Waals surface area contributed by atoms with Gasteiger partial charge in [0, 0.05) is 6.04 Å². The summed E-state index contributed by atoms with van der Waals surface area (Å²) in [6.07, 6.45) is -4.05. The molecule has 2 amide bonds. The maximum Gasteiger partial charge on any atom is 0.433 e. The van der Waals surface area contributed by atoms with Gasteiger partial charge in [-0.25, -0.2) is 9.78 Å². The molecule has 2 fully saturated rings. The number of carbonyl (C=O) groups excluding carboxylic acids is 2. The summed E-state index contributed by atoms with van der Waals surface area (Å²) in [6.45, 7) is 7.16. The van der Waals surface area contributed by atoms with E-state index in [0.29, 0.717) is 6.42 Å². The first-order chi connectivity index (χ1) is 12.7. The molecule has 154 valence electrons. The molecule has 0 bridgehead atoms. The van der Waals surface area contributed by atoms with Gasteiger partial charge in [-0.2, -0.15) is 13.2 Å². The number of hydrogen-bond acceptors (Lipinski definition) is 4. The van der Waals surface area contributed by atoms with Crippen LogP contribution >= 0.6 is 15.9 Å². The fourth-order valence-electron chi connectivity index (χ4n) is 3.47. The Hall–Kier alpha value is -1.84. The Morgan fingerprint density at radius 3 is 2.50 bits per heavy atom. The van der Waals surface area contributed by atoms with Gasteiger partial charge in [-0.05, 0) is 67.1 Å². The molecule has 1 aromatic rings. The van der Waals surface area contributed by atoms with E-state index >= 15 is 0 Å². The van der Waals surface area contributed by atoms with E-state index in [1.165, 1.54) is 11.0 Å². The minimum absolute atomic E-state index is 0.115. The van der Waals surface area contributed by atoms with Crippen molar-refractivity contribution in [1.29, 1.82) is 0 Å². The molecule has 1 saturated carbocycles. The average molecular weight is 464 g/mol. The lowest BCUT2D eigenvalue weighted by Gasteiger charge is -2.29. The zero-order chi connectivity index (χ0) is 21.1. The van der Waals surface area contributed by atoms with Gasteiger partial charge in [-0.1, -0.05) is 6.92 Å². The van der Waals surface area contributed by atoms with E-state index < -0.39 is 35.5 Å². The maximum absolute atomic E-state index is 12.9. The number of anilines is 1. The van der Waals surface area contributed by atoms with Crippen LogP contribution in [-0.4, -0.2) is 39.6 Å². The number of ether oxygens (including phenoxy) is 1. The van der Waals surface area contributed by atoms with Crippen molar-refractivity contribution in [2.45, 2.75) is 64.4 Å². The number of likely N-dealkylation sites (tertiary alicyclic amines) is 1. The minimum atomic E-state index is -4.63. The van der Waals surface area contributed by atoms with Gasteiger partial charge < -0.3 is 10.1 Å². The van der Waals surface area contributed by atoms with Crippen molar-refractivity contribution in [2.75, 3.05) is 5.32 Å². The highest BCUT2D eigenvalue weighted by atomic mass is 79.9. The highest BCUT2D eigenvalue weighted by Crippen LogP contribution is 2.59. The largest absolute Gasteiger partial charge is 0.444 e. The monoisotopic (exact) mass is 463 g/mol. The van der Waals surface area contributed by atoms with Gasteiger partial charge in [0.15, 0.2) is 0 Å². The van der Waals surface area contributed by atoms with Gasteiger partial charge in [0.2, 0.25) is 5.91 Å². The van der Waals surface area contributed by atoms with E-state index in [9.17, 15) is 22.8 Å². The molecule has 1 saturated heterocycles. The van der Waals surface area contributed by atoms with Gasteiger partial charge in [-0.3, -0.25) is 9.69 Å². The summed E-state index contributed by atoms with van der Waals surface area (Å²) < 4.78 is 44.4. The number of carbonyl (C=O) groups is 2. The van der Waals surface area contributed by atoms with Gasteiger partial charge in [0.05, 0.1) is 4.47 Å². The molecule has 10 heteroatoms. The smallest absolute Gasteiger partial charge is 0.433 e. The molecule has 2 heterocycles. The van der Waals surface area contributed by atoms with Crippen LogP contribution in [0.2, 0.25) is 0 Å². The third-order valence-corrected chi connectivity index (χ3v) is 5.56. The number of aromatic nitrogens is 1. The summed E-state index contributed by atoms with van der Waals surface area (Å²) >= 11 is 3.10. The van der Waals surface area contributed by atoms with Crippen molar-refractivity contribution in [2.24, 2.45) is 5.41 Å². The first kappa shape index (κ1) is 20.9. The van der Waals surface area contributed by atoms with Gasteiger partial charge in [0.1, 0.15) is 23.2 Å². The van der Waals surface area contributed by atoms with E-state index in [1.807, 2.05) is 6.92 Å². The van der Waals surface area contributed by atoms with Crippen LogP contribution in [0.3, 0.4) is 0 Å². The standard InChI is InChI=1S/C18H21BrF3N3O3/c1-16(2,3)28-15(27)25-10(7-17(4)8-12(17)25)14(26)24-13-9(19)5-6-11(23-13)18(20,21)22/h5-6,10,12H,7-8H2,1-4H3,(H,23,24,26)/t10-,12+,17-/m0/s1. The Morgan fingerprint density at radius 2 is 1.93 bits per heavy atom. The van der Waals surface area contributed by atoms with Crippen LogP contribution in [0.25, 0.3) is 0 Å². The molecular formula is C18H21BrF3N3O3. The molecular weight excluding hydrogens is 443 g/mol. The highest BCUT2D eigenvalue weighted by Gasteiger charge is 2.65. The number of amides is 2. The molecule has 3 rings (SSSR count). The first-order valence-electron chi connectivity index (χ1n) is 8.77. The molecule has 1 aliphatic carbocycles. The Morgan fingerprint density at radius 1 is 1.29 bits per heavy atom. The van der Waals surface area contributed by atoms with E-state index in [2.05, 4.69) is 26.2 Å². The molecule has 1 aromatic heterocycles. The van der Waals surface area contributed by atoms with Gasteiger partial charge in [-0.15, -0.1) is 0 Å². The summed E-state index contributed by atoms with van der Waals surface area (Å²) in [5, 5.41) is 2.42. The average Bonchev–Trinajstić information content (AvgIpc) is 3.07. The Bertz CT molecular complexity index is 825. The van der Waals surface area contributed by atoms with Crippen LogP contribution in [0.5, 0.6) is 0 Å². The van der Waals surface area contributed by atoms with Crippen molar-refractivity contribution in [3.8, 4) is 0 Å². The molecule has 28 heavy (non-hydrogen) atoms. The van der Waals surface area contributed by atoms with E-state index in [4.69, 9.17) is 4.74 Å². The second-order valence-electron chi connectivity index (χ2n) is 8.50. The molecule has 0 spiro atoms. The number of rotatable bonds is 2. The van der Waals surface area contributed by atoms with Crippen LogP contribution in [0.1, 0.15) is 46.2 Å². The summed E-state index contributed by atoms with van der Waals surface area (Å²) in [5.41, 5.74) is -2.02. The number of nitrogens with zero attached hydrogens (tertiary/aromatic N) is 2. The Labute approximate surface area is 168 Å². The first-order valence-corrected chi connectivity index (χ1v) is 9.56. The Balaban J connectivity index is 1.81. The number of piperidine rings is 1. The SMILES string of the molecule is CC(C)(C)OC(=O)N1[C@H](C(=O)Nc2nc(C(F)(F)F)ccc2Br)C[C@@]2(C)C[C@@H]12. The van der Waals surface area contributed by atoms with Crippen molar-refractivity contribution in [3.63, 3.8) is 0 Å². The summed E-state index contributed by atoms with van der Waals surface area (Å²) in [7, 11) is 0. The second kappa shape index (κ2) is 6.60. The van der Waals surface area contributed by atoms with Crippen molar-refractivity contribution in [3.05, 3.63) is 22.3 Å². The summed E-state index contributed by atoms with van der Waals surface area (Å²) in [5.74, 6) is -0.832. The molecule has 1 aliphatic heterocycles. The number of halogens is 4. The number of nitrogens with one attached hydrogen (secondary N) is 1. The van der Waals surface area contributed by atoms with Crippen LogP contribution in [0.15, 0.2) is 16.6 Å². The quantitative estimate of drug-likeness (QED) is 0.695. The number of pyridine rings is 1. The summed E-state index contributed by atoms with van der Waals surface area (Å²) in [4.78, 5) is 30.3. The van der Waals surface area contributed by atoms with E-state index in [1.54, 1.807) is 20.8 Å². The second-order valence-corrected chi connectivity index (χ2v) is 9.35. The third kappa shape index (κ3) is 4.11. The van der Waals surface area contributed by atoms with Crippen LogP contribution in [0, 0.1) is 5.41 Å². The highest BCUT2D eigenvalue weighted by molar-refractivity contribution is 9.10. The van der Waals surface area contributed by atoms with Crippen molar-refractivity contribution < 1.29 is 27.5 Å². The molecule has 6 nitrogen and oxygen atoms in total. The molecule has 2 aliphatic rings. The number of alkyl halides is 3. The molecule has 0 radical (unpaired) electrons. The third-order valence-electron chi connectivity index (χ3n) is 4.92. The maximum atomic E-state index is 12.9. The zero-order valence-corrected chi connectivity index (χ0v) is 17.4. The molecule has 0 aromatic carbocycles. The lowest BCUT2D eigenvalue weighted by atomic mass is 10.0. The van der Waals surface area contributed by atoms with E-state index in [0.717, 1.165) is 12.5 Å². The lowest BCUT2D eigenvalue weighted by Crippen LogP contribution is -2.47. The lowest BCUT2D eigenvalue weighted by molar-refractivity contribution is -0.141.